The number of aryl methyl sites for hydroxylation is 2. The predicted octanol–water partition coefficient (Wildman–Crippen LogP) is 5.22. The molecule has 1 unspecified atom stereocenters. The molecule has 0 radical (unpaired) electrons. The fraction of sp³-hybridized carbons (Fsp3) is 0.176. The molecule has 18 heavy (non-hydrogen) atoms. The van der Waals surface area contributed by atoms with Crippen LogP contribution in [0.4, 0.5) is 0 Å². The molecule has 1 aliphatic carbocycles. The lowest BCUT2D eigenvalue weighted by Crippen LogP contribution is -1.97. The van der Waals surface area contributed by atoms with E-state index in [9.17, 15) is 0 Å². The van der Waals surface area contributed by atoms with Gasteiger partial charge in [0, 0.05) is 10.4 Å². The van der Waals surface area contributed by atoms with E-state index in [-0.39, 0.29) is 0 Å². The molecule has 0 aliphatic heterocycles. The first-order valence-corrected chi connectivity index (χ1v) is 6.99. The van der Waals surface area contributed by atoms with Crippen molar-refractivity contribution in [1.29, 1.82) is 0 Å². The average molecular weight is 299 g/mol. The Balaban J connectivity index is 2.10. The van der Waals surface area contributed by atoms with E-state index in [0.717, 1.165) is 0 Å². The van der Waals surface area contributed by atoms with Crippen molar-refractivity contribution in [3.63, 3.8) is 0 Å². The van der Waals surface area contributed by atoms with Gasteiger partial charge in [0.05, 0.1) is 0 Å². The molecule has 2 aromatic rings. The standard InChI is InChI=1S/C17H15Br/c1-11-3-5-13(6-4-11)16-8-7-15-12(2)9-14(18)10-17(15)16/h3-10,16H,1-2H3. The van der Waals surface area contributed by atoms with Crippen LogP contribution in [0.3, 0.4) is 0 Å². The Morgan fingerprint density at radius 2 is 1.72 bits per heavy atom. The third-order valence-electron chi connectivity index (χ3n) is 3.61. The van der Waals surface area contributed by atoms with Crippen LogP contribution in [-0.4, -0.2) is 0 Å². The zero-order valence-electron chi connectivity index (χ0n) is 10.6. The molecule has 0 saturated heterocycles. The molecule has 3 rings (SSSR count). The highest BCUT2D eigenvalue weighted by atomic mass is 79.9. The number of benzene rings is 2. The first kappa shape index (κ1) is 11.7. The molecule has 0 bridgehead atoms. The Kier molecular flexibility index (Phi) is 2.87. The van der Waals surface area contributed by atoms with Crippen LogP contribution in [-0.2, 0) is 0 Å². The second-order valence-corrected chi connectivity index (χ2v) is 5.89. The monoisotopic (exact) mass is 298 g/mol. The summed E-state index contributed by atoms with van der Waals surface area (Å²) >= 11 is 3.60. The van der Waals surface area contributed by atoms with Crippen LogP contribution in [0.5, 0.6) is 0 Å². The van der Waals surface area contributed by atoms with E-state index in [4.69, 9.17) is 0 Å². The van der Waals surface area contributed by atoms with Crippen molar-refractivity contribution in [2.24, 2.45) is 0 Å². The van der Waals surface area contributed by atoms with Crippen molar-refractivity contribution in [2.45, 2.75) is 19.8 Å². The second-order valence-electron chi connectivity index (χ2n) is 4.97. The summed E-state index contributed by atoms with van der Waals surface area (Å²) in [5, 5.41) is 0. The zero-order chi connectivity index (χ0) is 12.7. The van der Waals surface area contributed by atoms with Crippen LogP contribution >= 0.6 is 15.9 Å². The Hall–Kier alpha value is -1.34. The predicted molar refractivity (Wildman–Crippen MR) is 80.9 cm³/mol. The van der Waals surface area contributed by atoms with Crippen LogP contribution in [0, 0.1) is 13.8 Å². The number of rotatable bonds is 1. The van der Waals surface area contributed by atoms with Gasteiger partial charge in [0.15, 0.2) is 0 Å². The molecule has 1 atom stereocenters. The molecule has 0 fully saturated rings. The van der Waals surface area contributed by atoms with E-state index in [1.54, 1.807) is 0 Å². The Labute approximate surface area is 116 Å². The van der Waals surface area contributed by atoms with E-state index >= 15 is 0 Å². The SMILES string of the molecule is Cc1ccc(C2C=Cc3c(C)cc(Br)cc32)cc1. The molecule has 0 amide bonds. The Morgan fingerprint density at radius 1 is 1.00 bits per heavy atom. The largest absolute Gasteiger partial charge is 0.0720 e. The highest BCUT2D eigenvalue weighted by molar-refractivity contribution is 9.10. The third-order valence-corrected chi connectivity index (χ3v) is 4.07. The maximum atomic E-state index is 3.60. The van der Waals surface area contributed by atoms with E-state index in [1.807, 2.05) is 0 Å². The summed E-state index contributed by atoms with van der Waals surface area (Å²) in [5.41, 5.74) is 6.80. The minimum absolute atomic E-state index is 0.400. The first-order valence-electron chi connectivity index (χ1n) is 6.20. The summed E-state index contributed by atoms with van der Waals surface area (Å²) in [7, 11) is 0. The molecule has 0 saturated carbocycles. The van der Waals surface area contributed by atoms with Gasteiger partial charge in [-0.2, -0.15) is 0 Å². The van der Waals surface area contributed by atoms with Gasteiger partial charge < -0.3 is 0 Å². The minimum atomic E-state index is 0.400. The summed E-state index contributed by atoms with van der Waals surface area (Å²) in [5.74, 6) is 0.400. The average Bonchev–Trinajstić information content (AvgIpc) is 2.74. The fourth-order valence-electron chi connectivity index (χ4n) is 2.63. The summed E-state index contributed by atoms with van der Waals surface area (Å²) < 4.78 is 1.17. The summed E-state index contributed by atoms with van der Waals surface area (Å²) in [4.78, 5) is 0. The maximum Gasteiger partial charge on any atom is 0.0279 e. The van der Waals surface area contributed by atoms with E-state index < -0.39 is 0 Å². The molecule has 0 nitrogen and oxygen atoms in total. The molecule has 90 valence electrons. The summed E-state index contributed by atoms with van der Waals surface area (Å²) in [6.45, 7) is 4.30. The van der Waals surface area contributed by atoms with Crippen molar-refractivity contribution in [3.05, 3.63) is 74.8 Å². The van der Waals surface area contributed by atoms with Crippen molar-refractivity contribution in [1.82, 2.24) is 0 Å². The highest BCUT2D eigenvalue weighted by Gasteiger charge is 2.20. The molecule has 1 aliphatic rings. The zero-order valence-corrected chi connectivity index (χ0v) is 12.2. The van der Waals surface area contributed by atoms with Crippen LogP contribution < -0.4 is 0 Å². The van der Waals surface area contributed by atoms with Gasteiger partial charge in [0.1, 0.15) is 0 Å². The molecule has 1 heteroatoms. The Morgan fingerprint density at radius 3 is 2.44 bits per heavy atom. The van der Waals surface area contributed by atoms with E-state index in [1.165, 1.54) is 32.3 Å². The van der Waals surface area contributed by atoms with Gasteiger partial charge in [0.25, 0.3) is 0 Å². The number of hydrogen-bond donors (Lipinski definition) is 0. The third kappa shape index (κ3) is 1.93. The van der Waals surface area contributed by atoms with Gasteiger partial charge in [0.2, 0.25) is 0 Å². The molecule has 0 spiro atoms. The Bertz CT molecular complexity index is 621. The molecular weight excluding hydrogens is 284 g/mol. The first-order chi connectivity index (χ1) is 8.65. The van der Waals surface area contributed by atoms with E-state index in [0.29, 0.717) is 5.92 Å². The summed E-state index contributed by atoms with van der Waals surface area (Å²) in [6, 6.07) is 13.3. The summed E-state index contributed by atoms with van der Waals surface area (Å²) in [6.07, 6.45) is 4.55. The highest BCUT2D eigenvalue weighted by Crippen LogP contribution is 2.38. The maximum absolute atomic E-state index is 3.60. The molecule has 0 heterocycles. The smallest absolute Gasteiger partial charge is 0.0279 e. The quantitative estimate of drug-likeness (QED) is 0.677. The van der Waals surface area contributed by atoms with Crippen LogP contribution in [0.15, 0.2) is 46.9 Å². The second kappa shape index (κ2) is 4.40. The van der Waals surface area contributed by atoms with Gasteiger partial charge in [-0.1, -0.05) is 57.9 Å². The molecular formula is C17H15Br. The van der Waals surface area contributed by atoms with Gasteiger partial charge in [-0.05, 0) is 48.2 Å². The van der Waals surface area contributed by atoms with E-state index in [2.05, 4.69) is 78.3 Å². The van der Waals surface area contributed by atoms with Crippen molar-refractivity contribution in [3.8, 4) is 0 Å². The molecule has 2 aromatic carbocycles. The van der Waals surface area contributed by atoms with Crippen molar-refractivity contribution in [2.75, 3.05) is 0 Å². The number of fused-ring (bicyclic) bond motifs is 1. The van der Waals surface area contributed by atoms with Gasteiger partial charge in [-0.3, -0.25) is 0 Å². The van der Waals surface area contributed by atoms with Crippen molar-refractivity contribution >= 4 is 22.0 Å². The van der Waals surface area contributed by atoms with Gasteiger partial charge in [-0.15, -0.1) is 0 Å². The molecule has 0 aromatic heterocycles. The normalized spacial score (nSPS) is 16.9. The lowest BCUT2D eigenvalue weighted by atomic mass is 9.91. The number of allylic oxidation sites excluding steroid dienone is 1. The van der Waals surface area contributed by atoms with Gasteiger partial charge >= 0.3 is 0 Å². The molecule has 0 N–H and O–H groups in total. The minimum Gasteiger partial charge on any atom is -0.0720 e. The fourth-order valence-corrected chi connectivity index (χ4v) is 3.22. The number of hydrogen-bond acceptors (Lipinski definition) is 0. The van der Waals surface area contributed by atoms with Crippen LogP contribution in [0.2, 0.25) is 0 Å². The van der Waals surface area contributed by atoms with Gasteiger partial charge in [-0.25, -0.2) is 0 Å². The number of halogens is 1. The topological polar surface area (TPSA) is 0 Å². The van der Waals surface area contributed by atoms with Crippen LogP contribution in [0.1, 0.15) is 33.7 Å². The van der Waals surface area contributed by atoms with Crippen LogP contribution in [0.25, 0.3) is 6.08 Å². The lowest BCUT2D eigenvalue weighted by molar-refractivity contribution is 1.04. The lowest BCUT2D eigenvalue weighted by Gasteiger charge is -2.13. The van der Waals surface area contributed by atoms with Crippen molar-refractivity contribution < 1.29 is 0 Å².